The van der Waals surface area contributed by atoms with Gasteiger partial charge in [0.1, 0.15) is 11.5 Å². The standard InChI is InChI=1S/C24H30BrN3O4S/c1-4-6-13-31-21-12-9-18(14-20(21)25)23(30)26-24(33)28-27-22(29)15-32-19-10-7-17(8-11-19)16(3)5-2/h7-12,14,16H,4-6,13,15H2,1-3H3,(H,27,29)(H2,26,28,30,33). The average Bonchev–Trinajstić information content (AvgIpc) is 2.82. The van der Waals surface area contributed by atoms with Gasteiger partial charge in [-0.25, -0.2) is 0 Å². The minimum atomic E-state index is -0.436. The zero-order valence-electron chi connectivity index (χ0n) is 19.1. The molecule has 0 fully saturated rings. The molecule has 7 nitrogen and oxygen atoms in total. The molecule has 1 atom stereocenters. The molecule has 0 bridgehead atoms. The third kappa shape index (κ3) is 9.01. The Labute approximate surface area is 208 Å². The lowest BCUT2D eigenvalue weighted by Gasteiger charge is -2.13. The van der Waals surface area contributed by atoms with Gasteiger partial charge in [-0.05, 0) is 82.8 Å². The van der Waals surface area contributed by atoms with E-state index in [1.54, 1.807) is 18.2 Å². The molecule has 0 spiro atoms. The molecular weight excluding hydrogens is 506 g/mol. The Bertz CT molecular complexity index is 953. The van der Waals surface area contributed by atoms with Crippen LogP contribution in [0.25, 0.3) is 0 Å². The fourth-order valence-corrected chi connectivity index (χ4v) is 3.37. The Morgan fingerprint density at radius 2 is 1.79 bits per heavy atom. The van der Waals surface area contributed by atoms with Crippen molar-refractivity contribution < 1.29 is 19.1 Å². The predicted octanol–water partition coefficient (Wildman–Crippen LogP) is 4.86. The molecule has 0 radical (unpaired) electrons. The van der Waals surface area contributed by atoms with E-state index >= 15 is 0 Å². The number of thiocarbonyl (C=S) groups is 1. The number of amides is 2. The number of hydrogen-bond donors (Lipinski definition) is 3. The molecule has 1 unspecified atom stereocenters. The molecular formula is C24H30BrN3O4S. The van der Waals surface area contributed by atoms with Crippen molar-refractivity contribution in [1.82, 2.24) is 16.2 Å². The molecule has 3 N–H and O–H groups in total. The summed E-state index contributed by atoms with van der Waals surface area (Å²) < 4.78 is 11.8. The molecule has 2 amide bonds. The van der Waals surface area contributed by atoms with Crippen LogP contribution in [0.2, 0.25) is 0 Å². The number of rotatable bonds is 10. The average molecular weight is 536 g/mol. The van der Waals surface area contributed by atoms with Crippen molar-refractivity contribution in [3.63, 3.8) is 0 Å². The van der Waals surface area contributed by atoms with E-state index in [1.807, 2.05) is 24.3 Å². The summed E-state index contributed by atoms with van der Waals surface area (Å²) in [5.41, 5.74) is 6.51. The Morgan fingerprint density at radius 3 is 2.42 bits per heavy atom. The summed E-state index contributed by atoms with van der Waals surface area (Å²) in [5, 5.41) is 2.47. The molecule has 0 saturated heterocycles. The highest BCUT2D eigenvalue weighted by Crippen LogP contribution is 2.26. The van der Waals surface area contributed by atoms with Crippen LogP contribution >= 0.6 is 28.1 Å². The molecule has 2 aromatic rings. The number of hydrazine groups is 1. The molecule has 33 heavy (non-hydrogen) atoms. The van der Waals surface area contributed by atoms with Gasteiger partial charge in [-0.15, -0.1) is 0 Å². The van der Waals surface area contributed by atoms with Gasteiger partial charge in [-0.1, -0.05) is 39.3 Å². The second-order valence-corrected chi connectivity index (χ2v) is 8.73. The van der Waals surface area contributed by atoms with Crippen LogP contribution in [0.5, 0.6) is 11.5 Å². The lowest BCUT2D eigenvalue weighted by atomic mass is 9.99. The van der Waals surface area contributed by atoms with Crippen molar-refractivity contribution >= 4 is 45.1 Å². The number of benzene rings is 2. The SMILES string of the molecule is CCCCOc1ccc(C(=O)NC(=S)NNC(=O)COc2ccc(C(C)CC)cc2)cc1Br. The van der Waals surface area contributed by atoms with E-state index in [1.165, 1.54) is 5.56 Å². The van der Waals surface area contributed by atoms with Gasteiger partial charge in [-0.2, -0.15) is 0 Å². The number of nitrogens with one attached hydrogen (secondary N) is 3. The van der Waals surface area contributed by atoms with Gasteiger partial charge >= 0.3 is 0 Å². The van der Waals surface area contributed by atoms with E-state index in [9.17, 15) is 9.59 Å². The molecule has 0 saturated carbocycles. The van der Waals surface area contributed by atoms with Gasteiger partial charge < -0.3 is 9.47 Å². The minimum Gasteiger partial charge on any atom is -0.492 e. The van der Waals surface area contributed by atoms with E-state index < -0.39 is 11.8 Å². The zero-order chi connectivity index (χ0) is 24.2. The molecule has 0 heterocycles. The summed E-state index contributed by atoms with van der Waals surface area (Å²) in [4.78, 5) is 24.4. The van der Waals surface area contributed by atoms with E-state index in [4.69, 9.17) is 21.7 Å². The smallest absolute Gasteiger partial charge is 0.276 e. The van der Waals surface area contributed by atoms with Crippen molar-refractivity contribution in [2.24, 2.45) is 0 Å². The molecule has 2 aromatic carbocycles. The highest BCUT2D eigenvalue weighted by atomic mass is 79.9. The Morgan fingerprint density at radius 1 is 1.06 bits per heavy atom. The normalized spacial score (nSPS) is 11.3. The van der Waals surface area contributed by atoms with E-state index in [0.29, 0.717) is 34.1 Å². The third-order valence-corrected chi connectivity index (χ3v) is 5.75. The molecule has 0 aliphatic carbocycles. The van der Waals surface area contributed by atoms with Crippen molar-refractivity contribution in [2.75, 3.05) is 13.2 Å². The first-order valence-corrected chi connectivity index (χ1v) is 12.1. The number of carbonyl (C=O) groups excluding carboxylic acids is 2. The van der Waals surface area contributed by atoms with E-state index in [-0.39, 0.29) is 11.7 Å². The fourth-order valence-electron chi connectivity index (χ4n) is 2.73. The van der Waals surface area contributed by atoms with Crippen LogP contribution in [0.3, 0.4) is 0 Å². The lowest BCUT2D eigenvalue weighted by molar-refractivity contribution is -0.123. The monoisotopic (exact) mass is 535 g/mol. The van der Waals surface area contributed by atoms with Crippen LogP contribution in [0.4, 0.5) is 0 Å². The summed E-state index contributed by atoms with van der Waals surface area (Å²) in [6, 6.07) is 12.7. The van der Waals surface area contributed by atoms with Crippen LogP contribution < -0.4 is 25.6 Å². The predicted molar refractivity (Wildman–Crippen MR) is 137 cm³/mol. The van der Waals surface area contributed by atoms with Gasteiger partial charge in [0.25, 0.3) is 11.8 Å². The lowest BCUT2D eigenvalue weighted by Crippen LogP contribution is -2.49. The van der Waals surface area contributed by atoms with Crippen molar-refractivity contribution in [1.29, 1.82) is 0 Å². The molecule has 0 aliphatic rings. The first kappa shape index (κ1) is 26.6. The Kier molecular flexibility index (Phi) is 11.1. The topological polar surface area (TPSA) is 88.7 Å². The van der Waals surface area contributed by atoms with Gasteiger partial charge in [0.05, 0.1) is 11.1 Å². The quantitative estimate of drug-likeness (QED) is 0.229. The summed E-state index contributed by atoms with van der Waals surface area (Å²) in [6.45, 7) is 6.80. The number of ether oxygens (including phenoxy) is 2. The molecule has 2 rings (SSSR count). The minimum absolute atomic E-state index is 0.0364. The second-order valence-electron chi connectivity index (χ2n) is 7.47. The van der Waals surface area contributed by atoms with Crippen LogP contribution in [-0.4, -0.2) is 30.1 Å². The van der Waals surface area contributed by atoms with Crippen molar-refractivity contribution in [2.45, 2.75) is 46.0 Å². The van der Waals surface area contributed by atoms with Crippen LogP contribution in [-0.2, 0) is 4.79 Å². The summed E-state index contributed by atoms with van der Waals surface area (Å²) in [7, 11) is 0. The summed E-state index contributed by atoms with van der Waals surface area (Å²) >= 11 is 8.48. The van der Waals surface area contributed by atoms with Crippen molar-refractivity contribution in [3.8, 4) is 11.5 Å². The number of halogens is 1. The Hall–Kier alpha value is -2.65. The van der Waals surface area contributed by atoms with E-state index in [2.05, 4.69) is 52.9 Å². The maximum atomic E-state index is 12.4. The maximum Gasteiger partial charge on any atom is 0.276 e. The van der Waals surface area contributed by atoms with Crippen LogP contribution in [0, 0.1) is 0 Å². The first-order chi connectivity index (χ1) is 15.8. The van der Waals surface area contributed by atoms with E-state index in [0.717, 1.165) is 19.3 Å². The maximum absolute atomic E-state index is 12.4. The highest BCUT2D eigenvalue weighted by molar-refractivity contribution is 9.10. The van der Waals surface area contributed by atoms with Gasteiger partial charge in [0, 0.05) is 5.56 Å². The van der Waals surface area contributed by atoms with Crippen LogP contribution in [0.1, 0.15) is 61.9 Å². The zero-order valence-corrected chi connectivity index (χ0v) is 21.5. The second kappa shape index (κ2) is 13.8. The number of unbranched alkanes of at least 4 members (excludes halogenated alkanes) is 1. The van der Waals surface area contributed by atoms with Gasteiger partial charge in [-0.3, -0.25) is 25.8 Å². The fraction of sp³-hybridized carbons (Fsp3) is 0.375. The first-order valence-electron chi connectivity index (χ1n) is 10.9. The van der Waals surface area contributed by atoms with Crippen LogP contribution in [0.15, 0.2) is 46.9 Å². The molecule has 0 aromatic heterocycles. The molecule has 178 valence electrons. The summed E-state index contributed by atoms with van der Waals surface area (Å²) in [6.07, 6.45) is 3.05. The highest BCUT2D eigenvalue weighted by Gasteiger charge is 2.12. The number of carbonyl (C=O) groups is 2. The number of hydrogen-bond acceptors (Lipinski definition) is 5. The van der Waals surface area contributed by atoms with Gasteiger partial charge in [0.2, 0.25) is 0 Å². The van der Waals surface area contributed by atoms with Crippen molar-refractivity contribution in [3.05, 3.63) is 58.1 Å². The third-order valence-electron chi connectivity index (χ3n) is 4.92. The molecule has 9 heteroatoms. The Balaban J connectivity index is 1.75. The largest absolute Gasteiger partial charge is 0.492 e. The molecule has 0 aliphatic heterocycles. The van der Waals surface area contributed by atoms with Gasteiger partial charge in [0.15, 0.2) is 11.7 Å². The summed E-state index contributed by atoms with van der Waals surface area (Å²) in [5.74, 6) is 0.887.